The molecule has 3 aliphatic rings. The first-order chi connectivity index (χ1) is 19.4. The number of hydrogen-bond donors (Lipinski definition) is 1. The summed E-state index contributed by atoms with van der Waals surface area (Å²) in [5.41, 5.74) is 2.60. The van der Waals surface area contributed by atoms with Gasteiger partial charge < -0.3 is 24.6 Å². The third kappa shape index (κ3) is 4.94. The van der Waals surface area contributed by atoms with Crippen molar-refractivity contribution < 1.29 is 18.7 Å². The van der Waals surface area contributed by atoms with Crippen LogP contribution in [-0.4, -0.2) is 69.3 Å². The van der Waals surface area contributed by atoms with Gasteiger partial charge in [0.2, 0.25) is 0 Å². The fourth-order valence-electron chi connectivity index (χ4n) is 6.11. The summed E-state index contributed by atoms with van der Waals surface area (Å²) < 4.78 is 26.7. The maximum Gasteiger partial charge on any atom is 0.282 e. The van der Waals surface area contributed by atoms with Gasteiger partial charge in [0.1, 0.15) is 29.7 Å². The molecule has 0 atom stereocenters. The minimum Gasteiger partial charge on any atom is -0.490 e. The molecule has 0 bridgehead atoms. The Kier molecular flexibility index (Phi) is 6.99. The van der Waals surface area contributed by atoms with E-state index in [0.717, 1.165) is 56.9 Å². The summed E-state index contributed by atoms with van der Waals surface area (Å²) in [5, 5.41) is 11.4. The monoisotopic (exact) mass is 547 g/mol. The average molecular weight is 548 g/mol. The van der Waals surface area contributed by atoms with Crippen molar-refractivity contribution in [1.29, 1.82) is 0 Å². The third-order valence-corrected chi connectivity index (χ3v) is 8.09. The van der Waals surface area contributed by atoms with Crippen molar-refractivity contribution in [3.8, 4) is 17.4 Å². The maximum absolute atomic E-state index is 14.2. The van der Waals surface area contributed by atoms with Crippen molar-refractivity contribution in [3.05, 3.63) is 59.4 Å². The number of amides is 1. The molecular weight excluding hydrogens is 513 g/mol. The predicted molar refractivity (Wildman–Crippen MR) is 146 cm³/mol. The van der Waals surface area contributed by atoms with Gasteiger partial charge in [0.15, 0.2) is 5.82 Å². The molecule has 0 radical (unpaired) electrons. The molecule has 210 valence electrons. The Hall–Kier alpha value is -3.86. The van der Waals surface area contributed by atoms with Crippen LogP contribution in [0.4, 0.5) is 10.2 Å². The number of carbonyl (C=O) groups is 1. The number of fused-ring (bicyclic) bond motifs is 1. The Morgan fingerprint density at radius 2 is 2.05 bits per heavy atom. The highest BCUT2D eigenvalue weighted by molar-refractivity contribution is 5.97. The minimum absolute atomic E-state index is 0.0455. The molecule has 40 heavy (non-hydrogen) atoms. The van der Waals surface area contributed by atoms with E-state index in [1.165, 1.54) is 30.1 Å². The number of hydrogen-bond acceptors (Lipinski definition) is 9. The van der Waals surface area contributed by atoms with E-state index in [1.807, 2.05) is 33.0 Å². The number of nitrogens with zero attached hydrogens (tertiary/aromatic N) is 6. The van der Waals surface area contributed by atoms with E-state index in [4.69, 9.17) is 9.47 Å². The fraction of sp³-hybridized carbons (Fsp3) is 0.483. The van der Waals surface area contributed by atoms with E-state index in [-0.39, 0.29) is 40.7 Å². The van der Waals surface area contributed by atoms with Crippen LogP contribution in [0.5, 0.6) is 17.4 Å². The van der Waals surface area contributed by atoms with Gasteiger partial charge in [-0.3, -0.25) is 9.78 Å². The van der Waals surface area contributed by atoms with E-state index in [9.17, 15) is 9.18 Å². The lowest BCUT2D eigenvalue weighted by Gasteiger charge is -2.58. The Morgan fingerprint density at radius 3 is 2.83 bits per heavy atom. The molecule has 1 N–H and O–H groups in total. The molecule has 2 aliphatic heterocycles. The Labute approximate surface area is 232 Å². The van der Waals surface area contributed by atoms with Gasteiger partial charge in [-0.15, -0.1) is 10.2 Å². The number of rotatable bonds is 8. The first kappa shape index (κ1) is 26.4. The van der Waals surface area contributed by atoms with Crippen LogP contribution >= 0.6 is 0 Å². The normalized spacial score (nSPS) is 17.7. The van der Waals surface area contributed by atoms with E-state index < -0.39 is 5.82 Å². The lowest BCUT2D eigenvalue weighted by atomic mass is 9.61. The Morgan fingerprint density at radius 1 is 1.23 bits per heavy atom. The van der Waals surface area contributed by atoms with Crippen molar-refractivity contribution in [2.45, 2.75) is 58.7 Å². The molecule has 1 spiro atoms. The molecule has 4 heterocycles. The zero-order valence-electron chi connectivity index (χ0n) is 23.1. The second-order valence-corrected chi connectivity index (χ2v) is 11.2. The number of nitrogens with one attached hydrogen (secondary N) is 1. The van der Waals surface area contributed by atoms with Crippen LogP contribution in [0.1, 0.15) is 55.2 Å². The zero-order chi connectivity index (χ0) is 27.9. The zero-order valence-corrected chi connectivity index (χ0v) is 23.1. The van der Waals surface area contributed by atoms with Crippen LogP contribution in [0.2, 0.25) is 0 Å². The number of pyridine rings is 1. The quantitative estimate of drug-likeness (QED) is 0.451. The van der Waals surface area contributed by atoms with Crippen molar-refractivity contribution in [2.24, 2.45) is 5.41 Å². The van der Waals surface area contributed by atoms with Crippen molar-refractivity contribution >= 4 is 11.7 Å². The van der Waals surface area contributed by atoms with Crippen LogP contribution in [0.3, 0.4) is 0 Å². The summed E-state index contributed by atoms with van der Waals surface area (Å²) in [5.74, 6) is 1.11. The fourth-order valence-corrected chi connectivity index (χ4v) is 6.11. The highest BCUT2D eigenvalue weighted by Gasteiger charge is 2.54. The summed E-state index contributed by atoms with van der Waals surface area (Å²) in [4.78, 5) is 25.9. The predicted octanol–water partition coefficient (Wildman–Crippen LogP) is 3.76. The molecule has 11 heteroatoms. The van der Waals surface area contributed by atoms with Crippen molar-refractivity contribution in [1.82, 2.24) is 30.4 Å². The lowest BCUT2D eigenvalue weighted by Crippen LogP contribution is -2.65. The van der Waals surface area contributed by atoms with Crippen LogP contribution < -0.4 is 19.7 Å². The molecular formula is C29H34FN7O3. The summed E-state index contributed by atoms with van der Waals surface area (Å²) in [6, 6.07) is 5.86. The number of ether oxygens (including phenoxy) is 2. The van der Waals surface area contributed by atoms with Crippen molar-refractivity contribution in [3.63, 3.8) is 0 Å². The summed E-state index contributed by atoms with van der Waals surface area (Å²) in [7, 11) is 0. The van der Waals surface area contributed by atoms with Gasteiger partial charge in [-0.05, 0) is 70.8 Å². The molecule has 6 rings (SSSR count). The van der Waals surface area contributed by atoms with Crippen molar-refractivity contribution in [2.75, 3.05) is 31.1 Å². The number of anilines is 1. The van der Waals surface area contributed by atoms with Gasteiger partial charge in [0, 0.05) is 49.4 Å². The SMILES string of the molecule is CCN(C(=O)c1cc(F)ccc1Oc1nncnc1N1CC2(CC(Oc3ccnc4c3CCNC4)C2)C1)C(C)C. The summed E-state index contributed by atoms with van der Waals surface area (Å²) in [6.45, 7) is 9.55. The van der Waals surface area contributed by atoms with Gasteiger partial charge in [-0.25, -0.2) is 9.37 Å². The first-order valence-corrected chi connectivity index (χ1v) is 13.9. The van der Waals surface area contributed by atoms with E-state index in [2.05, 4.69) is 30.4 Å². The molecule has 1 aromatic carbocycles. The van der Waals surface area contributed by atoms with E-state index in [1.54, 1.807) is 4.90 Å². The van der Waals surface area contributed by atoms with Gasteiger partial charge in [0.05, 0.1) is 11.3 Å². The van der Waals surface area contributed by atoms with Crippen LogP contribution in [0, 0.1) is 11.2 Å². The third-order valence-electron chi connectivity index (χ3n) is 8.09. The molecule has 1 saturated heterocycles. The Bertz CT molecular complexity index is 1400. The average Bonchev–Trinajstić information content (AvgIpc) is 2.91. The number of aromatic nitrogens is 4. The minimum atomic E-state index is -0.511. The molecule has 0 unspecified atom stereocenters. The first-order valence-electron chi connectivity index (χ1n) is 13.9. The van der Waals surface area contributed by atoms with Crippen LogP contribution in [-0.2, 0) is 13.0 Å². The summed E-state index contributed by atoms with van der Waals surface area (Å²) >= 11 is 0. The maximum atomic E-state index is 14.2. The molecule has 1 amide bonds. The van der Waals surface area contributed by atoms with Gasteiger partial charge >= 0.3 is 0 Å². The molecule has 1 aliphatic carbocycles. The van der Waals surface area contributed by atoms with Crippen LogP contribution in [0.25, 0.3) is 0 Å². The van der Waals surface area contributed by atoms with Gasteiger partial charge in [0.25, 0.3) is 11.8 Å². The number of halogens is 1. The molecule has 2 aromatic heterocycles. The molecule has 1 saturated carbocycles. The van der Waals surface area contributed by atoms with Crippen LogP contribution in [0.15, 0.2) is 36.8 Å². The largest absolute Gasteiger partial charge is 0.490 e. The lowest BCUT2D eigenvalue weighted by molar-refractivity contribution is -0.0350. The second-order valence-electron chi connectivity index (χ2n) is 11.2. The van der Waals surface area contributed by atoms with E-state index in [0.29, 0.717) is 12.4 Å². The summed E-state index contributed by atoms with van der Waals surface area (Å²) in [6.07, 6.45) is 6.25. The van der Waals surface area contributed by atoms with E-state index >= 15 is 0 Å². The standard InChI is InChI=1S/C29H34FN7O3/c1-4-37(18(2)3)28(38)22-11-19(30)5-6-24(22)40-27-26(33-17-34-35-27)36-15-29(16-36)12-20(13-29)39-25-8-10-32-23-14-31-9-7-21(23)25/h5-6,8,10-11,17-18,20,31H,4,7,9,12-16H2,1-3H3. The molecule has 3 aromatic rings. The smallest absolute Gasteiger partial charge is 0.282 e. The Balaban J connectivity index is 1.13. The molecule has 2 fully saturated rings. The number of benzene rings is 1. The van der Waals surface area contributed by atoms with Gasteiger partial charge in [-0.2, -0.15) is 0 Å². The second kappa shape index (κ2) is 10.6. The highest BCUT2D eigenvalue weighted by Crippen LogP contribution is 2.52. The van der Waals surface area contributed by atoms with Gasteiger partial charge in [-0.1, -0.05) is 0 Å². The molecule has 10 nitrogen and oxygen atoms in total. The number of carbonyl (C=O) groups excluding carboxylic acids is 1. The topological polar surface area (TPSA) is 106 Å². The highest BCUT2D eigenvalue weighted by atomic mass is 19.1.